The molecule has 0 aliphatic heterocycles. The summed E-state index contributed by atoms with van der Waals surface area (Å²) in [5, 5.41) is 34.0. The fourth-order valence-electron chi connectivity index (χ4n) is 3.12. The van der Waals surface area contributed by atoms with E-state index >= 15 is 0 Å². The number of nitrogens with one attached hydrogen (secondary N) is 2. The molecule has 0 aliphatic carbocycles. The standard InChI is InChI=1S/C11H15N7O3.C9H10ClN7O2/c1-5-21-8-6(2)10(20)17(3)14-7(8)9(19)12-11-13-15-16-18(11)4;1-4-5(10)6(13-16(2)8(4)19)7(18)11-9-12-14-15-17(9)3/h5H2,1-4H3,(H,12,13,16,19);1-3H3,(H,11,12,15,18). The van der Waals surface area contributed by atoms with E-state index in [9.17, 15) is 19.2 Å². The molecule has 212 valence electrons. The van der Waals surface area contributed by atoms with E-state index < -0.39 is 11.8 Å². The second-order valence-electron chi connectivity index (χ2n) is 8.04. The first kappa shape index (κ1) is 29.5. The second kappa shape index (κ2) is 12.2. The normalized spacial score (nSPS) is 10.5. The van der Waals surface area contributed by atoms with Gasteiger partial charge in [0.05, 0.1) is 17.2 Å². The quantitative estimate of drug-likeness (QED) is 0.275. The van der Waals surface area contributed by atoms with E-state index in [1.54, 1.807) is 27.9 Å². The third-order valence-electron chi connectivity index (χ3n) is 5.23. The Morgan fingerprint density at radius 2 is 1.23 bits per heavy atom. The highest BCUT2D eigenvalue weighted by atomic mass is 35.5. The third kappa shape index (κ3) is 6.14. The fourth-order valence-corrected chi connectivity index (χ4v) is 3.32. The van der Waals surface area contributed by atoms with Crippen LogP contribution in [0.5, 0.6) is 5.75 Å². The van der Waals surface area contributed by atoms with Gasteiger partial charge in [-0.1, -0.05) is 21.8 Å². The zero-order valence-corrected chi connectivity index (χ0v) is 23.2. The van der Waals surface area contributed by atoms with E-state index in [-0.39, 0.29) is 50.7 Å². The zero-order chi connectivity index (χ0) is 29.7. The number of halogens is 1. The van der Waals surface area contributed by atoms with Crippen molar-refractivity contribution in [1.29, 1.82) is 0 Å². The average Bonchev–Trinajstić information content (AvgIpc) is 3.52. The van der Waals surface area contributed by atoms with Crippen LogP contribution >= 0.6 is 11.6 Å². The molecule has 0 unspecified atom stereocenters. The summed E-state index contributed by atoms with van der Waals surface area (Å²) in [5.74, 6) is -0.685. The summed E-state index contributed by atoms with van der Waals surface area (Å²) in [7, 11) is 6.05. The largest absolute Gasteiger partial charge is 0.491 e. The molecule has 0 atom stereocenters. The predicted octanol–water partition coefficient (Wildman–Crippen LogP) is -1.22. The van der Waals surface area contributed by atoms with Crippen molar-refractivity contribution in [2.45, 2.75) is 20.8 Å². The van der Waals surface area contributed by atoms with Gasteiger partial charge >= 0.3 is 0 Å². The van der Waals surface area contributed by atoms with Crippen molar-refractivity contribution in [3.63, 3.8) is 0 Å². The van der Waals surface area contributed by atoms with E-state index in [4.69, 9.17) is 16.3 Å². The van der Waals surface area contributed by atoms with Crippen LogP contribution in [0, 0.1) is 13.8 Å². The highest BCUT2D eigenvalue weighted by Crippen LogP contribution is 2.19. The predicted molar refractivity (Wildman–Crippen MR) is 138 cm³/mol. The monoisotopic (exact) mass is 576 g/mol. The first-order valence-corrected chi connectivity index (χ1v) is 11.8. The van der Waals surface area contributed by atoms with Gasteiger partial charge in [-0.2, -0.15) is 10.2 Å². The molecule has 19 nitrogen and oxygen atoms in total. The molecule has 0 fully saturated rings. The lowest BCUT2D eigenvalue weighted by Crippen LogP contribution is -2.28. The van der Waals surface area contributed by atoms with Crippen LogP contribution in [0.1, 0.15) is 39.0 Å². The Labute approximate surface area is 230 Å². The number of hydrogen-bond acceptors (Lipinski definition) is 13. The molecule has 0 saturated carbocycles. The number of nitrogens with zero attached hydrogens (tertiary/aromatic N) is 12. The van der Waals surface area contributed by atoms with E-state index in [0.717, 1.165) is 9.36 Å². The van der Waals surface area contributed by atoms with E-state index in [1.807, 2.05) is 0 Å². The maximum atomic E-state index is 12.3. The van der Waals surface area contributed by atoms with E-state index in [1.165, 1.54) is 30.4 Å². The number of aromatic nitrogens is 12. The Hall–Kier alpha value is -5.07. The van der Waals surface area contributed by atoms with Crippen LogP contribution in [0.2, 0.25) is 5.02 Å². The molecule has 0 radical (unpaired) electrons. The maximum Gasteiger partial charge on any atom is 0.282 e. The lowest BCUT2D eigenvalue weighted by Gasteiger charge is -2.12. The molecule has 0 saturated heterocycles. The summed E-state index contributed by atoms with van der Waals surface area (Å²) >= 11 is 5.95. The molecule has 40 heavy (non-hydrogen) atoms. The number of hydrogen-bond donors (Lipinski definition) is 2. The van der Waals surface area contributed by atoms with Gasteiger partial charge in [0.2, 0.25) is 11.9 Å². The van der Waals surface area contributed by atoms with Crippen molar-refractivity contribution < 1.29 is 14.3 Å². The van der Waals surface area contributed by atoms with Crippen LogP contribution in [0.3, 0.4) is 0 Å². The van der Waals surface area contributed by atoms with Crippen LogP contribution in [0.4, 0.5) is 11.9 Å². The minimum Gasteiger partial charge on any atom is -0.491 e. The fraction of sp³-hybridized carbons (Fsp3) is 0.400. The number of anilines is 2. The van der Waals surface area contributed by atoms with Crippen molar-refractivity contribution in [1.82, 2.24) is 60.0 Å². The molecule has 4 aromatic rings. The minimum atomic E-state index is -0.596. The number of rotatable bonds is 6. The summed E-state index contributed by atoms with van der Waals surface area (Å²) < 4.78 is 10.1. The number of ether oxygens (including phenoxy) is 1. The summed E-state index contributed by atoms with van der Waals surface area (Å²) in [6.07, 6.45) is 0. The summed E-state index contributed by atoms with van der Waals surface area (Å²) in [6.45, 7) is 5.16. The third-order valence-corrected chi connectivity index (χ3v) is 5.69. The van der Waals surface area contributed by atoms with Crippen molar-refractivity contribution in [2.75, 3.05) is 17.2 Å². The summed E-state index contributed by atoms with van der Waals surface area (Å²) in [4.78, 5) is 47.8. The highest BCUT2D eigenvalue weighted by molar-refractivity contribution is 6.34. The van der Waals surface area contributed by atoms with Crippen LogP contribution in [0.25, 0.3) is 0 Å². The molecular formula is C20H25ClN14O5. The molecule has 4 rings (SSSR count). The highest BCUT2D eigenvalue weighted by Gasteiger charge is 2.22. The van der Waals surface area contributed by atoms with Gasteiger partial charge in [0, 0.05) is 33.8 Å². The minimum absolute atomic E-state index is 0.000509. The van der Waals surface area contributed by atoms with E-state index in [0.29, 0.717) is 12.2 Å². The average molecular weight is 577 g/mol. The lowest BCUT2D eigenvalue weighted by molar-refractivity contribution is 0.100. The molecule has 0 spiro atoms. The van der Waals surface area contributed by atoms with Crippen molar-refractivity contribution in [2.24, 2.45) is 28.2 Å². The van der Waals surface area contributed by atoms with Gasteiger partial charge in [-0.3, -0.25) is 29.8 Å². The SMILES string of the molecule is CCOc1c(C(=O)Nc2nnnn2C)nn(C)c(=O)c1C.Cc1c(Cl)c(C(=O)Nc2nnnn2C)nn(C)c1=O. The van der Waals surface area contributed by atoms with Crippen LogP contribution in [0.15, 0.2) is 9.59 Å². The van der Waals surface area contributed by atoms with Crippen LogP contribution in [-0.2, 0) is 28.2 Å². The smallest absolute Gasteiger partial charge is 0.282 e. The molecule has 2 N–H and O–H groups in total. The Bertz CT molecular complexity index is 1690. The number of tetrazole rings is 2. The van der Waals surface area contributed by atoms with Crippen LogP contribution < -0.4 is 26.5 Å². The van der Waals surface area contributed by atoms with Crippen molar-refractivity contribution in [3.05, 3.63) is 48.2 Å². The Morgan fingerprint density at radius 1 is 0.775 bits per heavy atom. The lowest BCUT2D eigenvalue weighted by atomic mass is 10.2. The maximum absolute atomic E-state index is 12.3. The molecule has 0 bridgehead atoms. The molecular weight excluding hydrogens is 552 g/mol. The number of aryl methyl sites for hydroxylation is 4. The van der Waals surface area contributed by atoms with Gasteiger partial charge in [0.1, 0.15) is 0 Å². The van der Waals surface area contributed by atoms with Crippen molar-refractivity contribution in [3.8, 4) is 5.75 Å². The second-order valence-corrected chi connectivity index (χ2v) is 8.42. The summed E-state index contributed by atoms with van der Waals surface area (Å²) in [5.41, 5.74) is -0.183. The molecule has 2 amide bonds. The van der Waals surface area contributed by atoms with Gasteiger partial charge in [0.25, 0.3) is 22.9 Å². The molecule has 0 aromatic carbocycles. The molecule has 0 aliphatic rings. The Kier molecular flexibility index (Phi) is 8.99. The van der Waals surface area contributed by atoms with Gasteiger partial charge in [0.15, 0.2) is 17.1 Å². The van der Waals surface area contributed by atoms with Gasteiger partial charge in [-0.25, -0.2) is 18.7 Å². The van der Waals surface area contributed by atoms with E-state index in [2.05, 4.69) is 51.9 Å². The number of carbonyl (C=O) groups excluding carboxylic acids is 2. The topological polar surface area (TPSA) is 224 Å². The Balaban J connectivity index is 0.000000222. The van der Waals surface area contributed by atoms with Crippen molar-refractivity contribution >= 4 is 35.3 Å². The molecule has 4 aromatic heterocycles. The van der Waals surface area contributed by atoms with Crippen LogP contribution in [-0.4, -0.2) is 78.4 Å². The first-order valence-electron chi connectivity index (χ1n) is 11.4. The van der Waals surface area contributed by atoms with Gasteiger partial charge < -0.3 is 4.74 Å². The zero-order valence-electron chi connectivity index (χ0n) is 22.5. The molecule has 4 heterocycles. The first-order chi connectivity index (χ1) is 18.9. The summed E-state index contributed by atoms with van der Waals surface area (Å²) in [6, 6.07) is 0. The molecule has 20 heteroatoms. The Morgan fingerprint density at radius 3 is 1.68 bits per heavy atom. The van der Waals surface area contributed by atoms with Gasteiger partial charge in [-0.15, -0.1) is 0 Å². The number of carbonyl (C=O) groups is 2. The van der Waals surface area contributed by atoms with Gasteiger partial charge in [-0.05, 0) is 41.6 Å². The number of amides is 2.